The molecule has 0 saturated carbocycles. The molecule has 0 aliphatic carbocycles. The van der Waals surface area contributed by atoms with Gasteiger partial charge in [-0.1, -0.05) is 13.8 Å². The Morgan fingerprint density at radius 2 is 1.88 bits per heavy atom. The first-order valence-electron chi connectivity index (χ1n) is 6.10. The number of carbonyl (C=O) groups is 1. The smallest absolute Gasteiger partial charge is 0.239 e. The molecule has 0 radical (unpaired) electrons. The van der Waals surface area contributed by atoms with Crippen LogP contribution in [-0.2, 0) is 9.53 Å². The first-order chi connectivity index (χ1) is 7.40. The summed E-state index contributed by atoms with van der Waals surface area (Å²) < 4.78 is 5.59. The Balaban J connectivity index is 2.52. The molecule has 1 aliphatic heterocycles. The van der Waals surface area contributed by atoms with E-state index in [4.69, 9.17) is 10.5 Å². The van der Waals surface area contributed by atoms with Crippen LogP contribution in [0.15, 0.2) is 0 Å². The maximum atomic E-state index is 12.1. The molecule has 16 heavy (non-hydrogen) atoms. The third-order valence-electron chi connectivity index (χ3n) is 2.77. The van der Waals surface area contributed by atoms with Crippen molar-refractivity contribution in [2.45, 2.75) is 52.4 Å². The summed E-state index contributed by atoms with van der Waals surface area (Å²) in [6.07, 6.45) is 0.969. The Labute approximate surface area is 98.1 Å². The van der Waals surface area contributed by atoms with Gasteiger partial charge in [0, 0.05) is 13.1 Å². The predicted octanol–water partition coefficient (Wildman–Crippen LogP) is 0.996. The molecule has 3 atom stereocenters. The van der Waals surface area contributed by atoms with Crippen molar-refractivity contribution in [3.05, 3.63) is 0 Å². The van der Waals surface area contributed by atoms with Gasteiger partial charge >= 0.3 is 0 Å². The molecular weight excluding hydrogens is 204 g/mol. The van der Waals surface area contributed by atoms with Crippen molar-refractivity contribution < 1.29 is 9.53 Å². The van der Waals surface area contributed by atoms with E-state index in [1.54, 1.807) is 0 Å². The van der Waals surface area contributed by atoms with Gasteiger partial charge in [0.05, 0.1) is 18.2 Å². The van der Waals surface area contributed by atoms with Crippen molar-refractivity contribution in [1.29, 1.82) is 0 Å². The Morgan fingerprint density at radius 3 is 2.31 bits per heavy atom. The van der Waals surface area contributed by atoms with Gasteiger partial charge in [0.25, 0.3) is 0 Å². The van der Waals surface area contributed by atoms with Crippen LogP contribution in [0.1, 0.15) is 34.1 Å². The second kappa shape index (κ2) is 5.64. The van der Waals surface area contributed by atoms with Crippen molar-refractivity contribution in [3.63, 3.8) is 0 Å². The molecule has 1 heterocycles. The number of morpholine rings is 1. The lowest BCUT2D eigenvalue weighted by molar-refractivity contribution is -0.144. The van der Waals surface area contributed by atoms with E-state index in [9.17, 15) is 4.79 Å². The molecule has 1 aliphatic rings. The van der Waals surface area contributed by atoms with E-state index in [2.05, 4.69) is 13.8 Å². The van der Waals surface area contributed by atoms with Crippen LogP contribution in [0.5, 0.6) is 0 Å². The zero-order chi connectivity index (χ0) is 12.3. The lowest BCUT2D eigenvalue weighted by Crippen LogP contribution is -2.53. The molecule has 0 aromatic heterocycles. The number of hydrogen-bond donors (Lipinski definition) is 1. The first-order valence-corrected chi connectivity index (χ1v) is 6.10. The minimum atomic E-state index is -0.363. The highest BCUT2D eigenvalue weighted by Gasteiger charge is 2.28. The van der Waals surface area contributed by atoms with Crippen LogP contribution in [0.4, 0.5) is 0 Å². The van der Waals surface area contributed by atoms with Crippen LogP contribution in [0.3, 0.4) is 0 Å². The molecule has 4 heteroatoms. The van der Waals surface area contributed by atoms with Crippen LogP contribution >= 0.6 is 0 Å². The summed E-state index contributed by atoms with van der Waals surface area (Å²) in [4.78, 5) is 13.9. The molecule has 1 saturated heterocycles. The maximum Gasteiger partial charge on any atom is 0.239 e. The number of rotatable bonds is 3. The molecule has 1 amide bonds. The van der Waals surface area contributed by atoms with Gasteiger partial charge in [0.15, 0.2) is 0 Å². The average Bonchev–Trinajstić information content (AvgIpc) is 2.13. The third-order valence-corrected chi connectivity index (χ3v) is 2.77. The fraction of sp³-hybridized carbons (Fsp3) is 0.917. The minimum absolute atomic E-state index is 0.0655. The summed E-state index contributed by atoms with van der Waals surface area (Å²) >= 11 is 0. The van der Waals surface area contributed by atoms with E-state index in [1.807, 2.05) is 18.7 Å². The molecule has 0 spiro atoms. The number of amides is 1. The van der Waals surface area contributed by atoms with Crippen LogP contribution < -0.4 is 5.73 Å². The molecule has 0 bridgehead atoms. The van der Waals surface area contributed by atoms with Gasteiger partial charge in [-0.3, -0.25) is 4.79 Å². The van der Waals surface area contributed by atoms with Gasteiger partial charge in [-0.2, -0.15) is 0 Å². The van der Waals surface area contributed by atoms with Gasteiger partial charge in [-0.15, -0.1) is 0 Å². The topological polar surface area (TPSA) is 55.6 Å². The van der Waals surface area contributed by atoms with Crippen molar-refractivity contribution in [1.82, 2.24) is 4.90 Å². The van der Waals surface area contributed by atoms with Crippen molar-refractivity contribution >= 4 is 5.91 Å². The van der Waals surface area contributed by atoms with Crippen LogP contribution in [-0.4, -0.2) is 42.1 Å². The highest BCUT2D eigenvalue weighted by atomic mass is 16.5. The number of carbonyl (C=O) groups excluding carboxylic acids is 1. The Morgan fingerprint density at radius 1 is 1.38 bits per heavy atom. The highest BCUT2D eigenvalue weighted by molar-refractivity contribution is 5.81. The van der Waals surface area contributed by atoms with Gasteiger partial charge in [0.1, 0.15) is 0 Å². The van der Waals surface area contributed by atoms with E-state index >= 15 is 0 Å². The maximum absolute atomic E-state index is 12.1. The molecule has 2 N–H and O–H groups in total. The number of ether oxygens (including phenoxy) is 1. The van der Waals surface area contributed by atoms with Gasteiger partial charge in [0.2, 0.25) is 5.91 Å². The number of nitrogens with zero attached hydrogens (tertiary/aromatic N) is 1. The van der Waals surface area contributed by atoms with Crippen LogP contribution in [0, 0.1) is 5.92 Å². The number of hydrogen-bond acceptors (Lipinski definition) is 3. The summed E-state index contributed by atoms with van der Waals surface area (Å²) in [6, 6.07) is -0.363. The Kier molecular flexibility index (Phi) is 4.74. The van der Waals surface area contributed by atoms with Crippen molar-refractivity contribution in [3.8, 4) is 0 Å². The van der Waals surface area contributed by atoms with Crippen molar-refractivity contribution in [2.24, 2.45) is 11.7 Å². The summed E-state index contributed by atoms with van der Waals surface area (Å²) in [5.74, 6) is 0.519. The molecule has 1 rings (SSSR count). The lowest BCUT2D eigenvalue weighted by Gasteiger charge is -2.36. The van der Waals surface area contributed by atoms with E-state index < -0.39 is 0 Å². The summed E-state index contributed by atoms with van der Waals surface area (Å²) in [6.45, 7) is 9.47. The zero-order valence-electron chi connectivity index (χ0n) is 10.8. The van der Waals surface area contributed by atoms with E-state index in [1.165, 1.54) is 0 Å². The average molecular weight is 228 g/mol. The SMILES string of the molecule is CC(C)CC(N)C(=O)N1CC(C)OC(C)C1. The van der Waals surface area contributed by atoms with Gasteiger partial charge in [-0.05, 0) is 26.2 Å². The minimum Gasteiger partial charge on any atom is -0.372 e. The Hall–Kier alpha value is -0.610. The molecule has 0 aromatic rings. The molecule has 0 aromatic carbocycles. The normalized spacial score (nSPS) is 28.2. The highest BCUT2D eigenvalue weighted by Crippen LogP contribution is 2.13. The molecule has 4 nitrogen and oxygen atoms in total. The molecule has 3 unspecified atom stereocenters. The Bertz CT molecular complexity index is 233. The lowest BCUT2D eigenvalue weighted by atomic mass is 10.0. The molecule has 94 valence electrons. The summed E-state index contributed by atoms with van der Waals surface area (Å²) in [5.41, 5.74) is 5.91. The summed E-state index contributed by atoms with van der Waals surface area (Å²) in [5, 5.41) is 0. The van der Waals surface area contributed by atoms with Gasteiger partial charge in [-0.25, -0.2) is 0 Å². The van der Waals surface area contributed by atoms with E-state index in [0.29, 0.717) is 19.0 Å². The second-order valence-corrected chi connectivity index (χ2v) is 5.24. The standard InChI is InChI=1S/C12H24N2O2/c1-8(2)5-11(13)12(15)14-6-9(3)16-10(4)7-14/h8-11H,5-7,13H2,1-4H3. The predicted molar refractivity (Wildman–Crippen MR) is 64.0 cm³/mol. The van der Waals surface area contributed by atoms with Crippen molar-refractivity contribution in [2.75, 3.05) is 13.1 Å². The first kappa shape index (κ1) is 13.5. The zero-order valence-corrected chi connectivity index (χ0v) is 10.8. The number of nitrogens with two attached hydrogens (primary N) is 1. The summed E-state index contributed by atoms with van der Waals surface area (Å²) in [7, 11) is 0. The van der Waals surface area contributed by atoms with Crippen LogP contribution in [0.25, 0.3) is 0 Å². The third kappa shape index (κ3) is 3.76. The van der Waals surface area contributed by atoms with E-state index in [-0.39, 0.29) is 24.2 Å². The van der Waals surface area contributed by atoms with Crippen LogP contribution in [0.2, 0.25) is 0 Å². The quantitative estimate of drug-likeness (QED) is 0.784. The fourth-order valence-electron chi connectivity index (χ4n) is 2.20. The monoisotopic (exact) mass is 228 g/mol. The second-order valence-electron chi connectivity index (χ2n) is 5.24. The molecular formula is C12H24N2O2. The fourth-order valence-corrected chi connectivity index (χ4v) is 2.20. The molecule has 1 fully saturated rings. The largest absolute Gasteiger partial charge is 0.372 e. The van der Waals surface area contributed by atoms with E-state index in [0.717, 1.165) is 6.42 Å². The van der Waals surface area contributed by atoms with Gasteiger partial charge < -0.3 is 15.4 Å².